The van der Waals surface area contributed by atoms with Crippen LogP contribution >= 0.6 is 17.4 Å². The van der Waals surface area contributed by atoms with Crippen molar-refractivity contribution in [2.24, 2.45) is 0 Å². The van der Waals surface area contributed by atoms with Gasteiger partial charge in [0, 0.05) is 0 Å². The maximum Gasteiger partial charge on any atom is 0.330 e. The number of hydrogen-bond donors (Lipinski definition) is 1. The molecule has 0 fully saturated rings. The van der Waals surface area contributed by atoms with Gasteiger partial charge < -0.3 is 5.11 Å². The fourth-order valence-corrected chi connectivity index (χ4v) is 0.661. The summed E-state index contributed by atoms with van der Waals surface area (Å²) >= 11 is 0. The molecule has 0 heterocycles. The Hall–Kier alpha value is 0.0800. The molecule has 0 saturated carbocycles. The van der Waals surface area contributed by atoms with Gasteiger partial charge in [0.1, 0.15) is 0 Å². The first-order valence-electron chi connectivity index (χ1n) is 1.93. The molecule has 0 unspecified atom stereocenters. The van der Waals surface area contributed by atoms with E-state index in [2.05, 4.69) is 9.05 Å². The van der Waals surface area contributed by atoms with Crippen LogP contribution in [0.25, 0.3) is 0 Å². The second kappa shape index (κ2) is 6.20. The van der Waals surface area contributed by atoms with Crippen molar-refractivity contribution in [2.45, 2.75) is 6.29 Å². The van der Waals surface area contributed by atoms with Crippen LogP contribution in [0.3, 0.4) is 0 Å². The van der Waals surface area contributed by atoms with Gasteiger partial charge >= 0.3 is 17.4 Å². The maximum atomic E-state index is 9.63. The lowest BCUT2D eigenvalue weighted by Crippen LogP contribution is -2.12. The third-order valence-corrected chi connectivity index (χ3v) is 1.11. The van der Waals surface area contributed by atoms with Crippen LogP contribution in [0.5, 0.6) is 0 Å². The second-order valence-electron chi connectivity index (χ2n) is 0.972. The maximum absolute atomic E-state index is 9.63. The molecule has 9 heavy (non-hydrogen) atoms. The van der Waals surface area contributed by atoms with Gasteiger partial charge in [-0.3, -0.25) is 9.05 Å². The van der Waals surface area contributed by atoms with Crippen molar-refractivity contribution in [3.05, 3.63) is 0 Å². The molecule has 0 atom stereocenters. The topological polar surface area (TPSA) is 72.8 Å². The Bertz CT molecular complexity index is 85.0. The van der Waals surface area contributed by atoms with Crippen LogP contribution < -0.4 is 0 Å². The van der Waals surface area contributed by atoms with E-state index in [9.17, 15) is 9.13 Å². The van der Waals surface area contributed by atoms with Crippen LogP contribution in [0.1, 0.15) is 0 Å². The van der Waals surface area contributed by atoms with Gasteiger partial charge in [-0.05, 0) is 0 Å². The molecule has 0 rings (SSSR count). The standard InChI is InChI=1S/C2H4O5P2/c3-1-2(6-8-4)7-9-5/h2-3H,1H2. The summed E-state index contributed by atoms with van der Waals surface area (Å²) in [6.07, 6.45) is -1.08. The molecule has 0 saturated heterocycles. The summed E-state index contributed by atoms with van der Waals surface area (Å²) in [4.78, 5) is 0. The zero-order valence-corrected chi connectivity index (χ0v) is 6.05. The van der Waals surface area contributed by atoms with E-state index in [1.54, 1.807) is 0 Å². The quantitative estimate of drug-likeness (QED) is 0.486. The van der Waals surface area contributed by atoms with Crippen LogP contribution in [0.15, 0.2) is 0 Å². The number of aliphatic hydroxyl groups excluding tert-OH is 1. The molecular formula is C2H4O5P2. The summed E-state index contributed by atoms with van der Waals surface area (Å²) in [7, 11) is -1.23. The average Bonchev–Trinajstić information content (AvgIpc) is 1.88. The summed E-state index contributed by atoms with van der Waals surface area (Å²) in [6, 6.07) is 0. The van der Waals surface area contributed by atoms with Crippen molar-refractivity contribution in [1.29, 1.82) is 0 Å². The van der Waals surface area contributed by atoms with E-state index >= 15 is 0 Å². The first kappa shape index (κ1) is 9.08. The van der Waals surface area contributed by atoms with Gasteiger partial charge in [-0.2, -0.15) is 0 Å². The molecular weight excluding hydrogens is 166 g/mol. The minimum absolute atomic E-state index is 0.482. The molecule has 52 valence electrons. The zero-order chi connectivity index (χ0) is 7.11. The van der Waals surface area contributed by atoms with Crippen LogP contribution in [0.2, 0.25) is 0 Å². The molecule has 0 bridgehead atoms. The lowest BCUT2D eigenvalue weighted by molar-refractivity contribution is -0.0182. The first-order chi connectivity index (χ1) is 4.35. The molecule has 0 spiro atoms. The molecule has 0 aromatic rings. The minimum atomic E-state index is -1.08. The van der Waals surface area contributed by atoms with E-state index in [0.29, 0.717) is 0 Å². The lowest BCUT2D eigenvalue weighted by Gasteiger charge is -2.02. The largest absolute Gasteiger partial charge is 0.391 e. The van der Waals surface area contributed by atoms with Crippen LogP contribution in [0, 0.1) is 0 Å². The molecule has 0 aromatic carbocycles. The van der Waals surface area contributed by atoms with Crippen LogP contribution in [0.4, 0.5) is 0 Å². The molecule has 0 aliphatic carbocycles. The average molecular weight is 170 g/mol. The van der Waals surface area contributed by atoms with E-state index in [0.717, 1.165) is 0 Å². The van der Waals surface area contributed by atoms with Gasteiger partial charge in [-0.1, -0.05) is 0 Å². The highest BCUT2D eigenvalue weighted by atomic mass is 31.1. The summed E-state index contributed by atoms with van der Waals surface area (Å²) in [5.74, 6) is 0. The fraction of sp³-hybridized carbons (Fsp3) is 1.00. The lowest BCUT2D eigenvalue weighted by atomic mass is 10.7. The molecule has 5 nitrogen and oxygen atoms in total. The zero-order valence-electron chi connectivity index (χ0n) is 4.26. The Morgan fingerprint density at radius 1 is 1.33 bits per heavy atom. The Morgan fingerprint density at radius 3 is 2.00 bits per heavy atom. The van der Waals surface area contributed by atoms with Gasteiger partial charge in [0.25, 0.3) is 0 Å². The Kier molecular flexibility index (Phi) is 6.26. The second-order valence-corrected chi connectivity index (χ2v) is 1.69. The Morgan fingerprint density at radius 2 is 1.78 bits per heavy atom. The van der Waals surface area contributed by atoms with Gasteiger partial charge in [0.2, 0.25) is 6.29 Å². The number of rotatable bonds is 5. The predicted octanol–water partition coefficient (Wildman–Crippen LogP) is 0.751. The highest BCUT2D eigenvalue weighted by Gasteiger charge is 2.06. The van der Waals surface area contributed by atoms with Crippen LogP contribution in [-0.4, -0.2) is 18.0 Å². The molecule has 0 amide bonds. The van der Waals surface area contributed by atoms with Crippen molar-refractivity contribution >= 4 is 17.4 Å². The van der Waals surface area contributed by atoms with E-state index in [-0.39, 0.29) is 0 Å². The molecule has 0 aromatic heterocycles. The van der Waals surface area contributed by atoms with Gasteiger partial charge in [0.05, 0.1) is 6.61 Å². The predicted molar refractivity (Wildman–Crippen MR) is 28.3 cm³/mol. The van der Waals surface area contributed by atoms with E-state index < -0.39 is 30.3 Å². The Labute approximate surface area is 54.5 Å². The minimum Gasteiger partial charge on any atom is -0.391 e. The SMILES string of the molecule is O=POC(CO)OP=O. The normalized spacial score (nSPS) is 14.3. The molecule has 7 heteroatoms. The van der Waals surface area contributed by atoms with Crippen molar-refractivity contribution in [2.75, 3.05) is 6.61 Å². The summed E-state index contributed by atoms with van der Waals surface area (Å²) < 4.78 is 27.6. The van der Waals surface area contributed by atoms with E-state index in [1.165, 1.54) is 0 Å². The smallest absolute Gasteiger partial charge is 0.330 e. The third-order valence-electron chi connectivity index (χ3n) is 0.470. The Balaban J connectivity index is 3.39. The summed E-state index contributed by atoms with van der Waals surface area (Å²) in [6.45, 7) is -0.482. The number of aliphatic hydroxyl groups is 1. The van der Waals surface area contributed by atoms with Gasteiger partial charge in [-0.25, -0.2) is 9.13 Å². The van der Waals surface area contributed by atoms with Gasteiger partial charge in [-0.15, -0.1) is 0 Å². The van der Waals surface area contributed by atoms with Crippen LogP contribution in [-0.2, 0) is 18.2 Å². The van der Waals surface area contributed by atoms with Crippen molar-refractivity contribution in [3.8, 4) is 0 Å². The van der Waals surface area contributed by atoms with Gasteiger partial charge in [0.15, 0.2) is 0 Å². The monoisotopic (exact) mass is 170 g/mol. The number of hydrogen-bond acceptors (Lipinski definition) is 5. The van der Waals surface area contributed by atoms with Crippen molar-refractivity contribution < 1.29 is 23.3 Å². The molecule has 1 N–H and O–H groups in total. The molecule has 0 aliphatic heterocycles. The van der Waals surface area contributed by atoms with E-state index in [1.807, 2.05) is 0 Å². The highest BCUT2D eigenvalue weighted by Crippen LogP contribution is 2.09. The van der Waals surface area contributed by atoms with Crippen molar-refractivity contribution in [1.82, 2.24) is 0 Å². The van der Waals surface area contributed by atoms with Crippen molar-refractivity contribution in [3.63, 3.8) is 0 Å². The summed E-state index contributed by atoms with van der Waals surface area (Å²) in [5.41, 5.74) is 0. The highest BCUT2D eigenvalue weighted by molar-refractivity contribution is 7.18. The third kappa shape index (κ3) is 4.58. The van der Waals surface area contributed by atoms with E-state index in [4.69, 9.17) is 5.11 Å². The summed E-state index contributed by atoms with van der Waals surface area (Å²) in [5, 5.41) is 8.25. The molecule has 0 aliphatic rings. The molecule has 0 radical (unpaired) electrons. The first-order valence-corrected chi connectivity index (χ1v) is 3.39. The fourth-order valence-electron chi connectivity index (χ4n) is 0.182.